The maximum Gasteiger partial charge on any atom is 0.218 e. The van der Waals surface area contributed by atoms with Gasteiger partial charge in [-0.15, -0.1) is 5.10 Å². The molecule has 5 nitrogen and oxygen atoms in total. The summed E-state index contributed by atoms with van der Waals surface area (Å²) < 4.78 is 2.04. The first-order valence-electron chi connectivity index (χ1n) is 5.58. The molecule has 0 unspecified atom stereocenters. The summed E-state index contributed by atoms with van der Waals surface area (Å²) in [6.45, 7) is 0. The van der Waals surface area contributed by atoms with Crippen molar-refractivity contribution < 1.29 is 0 Å². The number of benzene rings is 1. The Hall–Kier alpha value is -2.10. The molecule has 3 aromatic rings. The minimum Gasteiger partial charge on any atom is -0.359 e. The van der Waals surface area contributed by atoms with Crippen LogP contribution in [-0.4, -0.2) is 19.6 Å². The average Bonchev–Trinajstić information content (AvgIpc) is 2.80. The Morgan fingerprint density at radius 2 is 2.15 bits per heavy atom. The maximum absolute atomic E-state index is 6.12. The first-order chi connectivity index (χ1) is 9.67. The van der Waals surface area contributed by atoms with Crippen molar-refractivity contribution in [2.45, 2.75) is 0 Å². The summed E-state index contributed by atoms with van der Waals surface area (Å²) in [5.74, 6) is 2.80. The predicted octanol–water partition coefficient (Wildman–Crippen LogP) is 2.47. The smallest absolute Gasteiger partial charge is 0.218 e. The number of halogens is 2. The van der Waals surface area contributed by atoms with Gasteiger partial charge in [-0.1, -0.05) is 23.7 Å². The van der Waals surface area contributed by atoms with Gasteiger partial charge in [0.05, 0.1) is 11.9 Å². The van der Waals surface area contributed by atoms with Crippen LogP contribution in [0.4, 0.5) is 0 Å². The van der Waals surface area contributed by atoms with Crippen LogP contribution in [-0.2, 0) is 0 Å². The van der Waals surface area contributed by atoms with Crippen LogP contribution in [0.1, 0.15) is 5.56 Å². The minimum atomic E-state index is 0.288. The van der Waals surface area contributed by atoms with Crippen molar-refractivity contribution in [1.29, 1.82) is 0 Å². The number of aromatic nitrogens is 4. The van der Waals surface area contributed by atoms with Crippen molar-refractivity contribution in [1.82, 2.24) is 19.6 Å². The van der Waals surface area contributed by atoms with E-state index < -0.39 is 0 Å². The molecule has 0 spiro atoms. The first-order valence-corrected chi connectivity index (χ1v) is 6.75. The standard InChI is InChI=1S/C13H7BrClN5/c14-13-18-12-11(15)17-10(7-20(12)19-13)9-3-1-2-8(6-9)4-5-16/h1-3,6-7H,16H2. The Balaban J connectivity index is 2.18. The fourth-order valence-electron chi connectivity index (χ4n) is 1.81. The minimum absolute atomic E-state index is 0.288. The highest BCUT2D eigenvalue weighted by molar-refractivity contribution is 9.10. The van der Waals surface area contributed by atoms with E-state index in [0.29, 0.717) is 16.1 Å². The lowest BCUT2D eigenvalue weighted by Gasteiger charge is -2.03. The molecule has 98 valence electrons. The lowest BCUT2D eigenvalue weighted by Crippen LogP contribution is -1.94. The molecule has 0 fully saturated rings. The summed E-state index contributed by atoms with van der Waals surface area (Å²) in [5.41, 5.74) is 8.09. The summed E-state index contributed by atoms with van der Waals surface area (Å²) in [6, 6.07) is 9.93. The van der Waals surface area contributed by atoms with Crippen molar-refractivity contribution in [3.05, 3.63) is 45.9 Å². The molecular formula is C13H7BrClN5. The zero-order chi connectivity index (χ0) is 14.1. The van der Waals surface area contributed by atoms with Gasteiger partial charge in [0, 0.05) is 17.2 Å². The van der Waals surface area contributed by atoms with Crippen LogP contribution in [0.15, 0.2) is 35.2 Å². The first kappa shape index (κ1) is 12.9. The largest absolute Gasteiger partial charge is 0.359 e. The van der Waals surface area contributed by atoms with E-state index in [1.807, 2.05) is 24.3 Å². The summed E-state index contributed by atoms with van der Waals surface area (Å²) in [7, 11) is 0. The molecule has 3 rings (SSSR count). The fourth-order valence-corrected chi connectivity index (χ4v) is 2.37. The van der Waals surface area contributed by atoms with Gasteiger partial charge in [0.2, 0.25) is 4.73 Å². The van der Waals surface area contributed by atoms with E-state index >= 15 is 0 Å². The van der Waals surface area contributed by atoms with Crippen LogP contribution in [0.25, 0.3) is 16.9 Å². The quantitative estimate of drug-likeness (QED) is 0.542. The van der Waals surface area contributed by atoms with Crippen LogP contribution in [0.2, 0.25) is 5.15 Å². The molecule has 0 saturated heterocycles. The number of nitrogens with two attached hydrogens (primary N) is 1. The Bertz CT molecular complexity index is 862. The average molecular weight is 349 g/mol. The van der Waals surface area contributed by atoms with E-state index in [9.17, 15) is 0 Å². The van der Waals surface area contributed by atoms with Crippen molar-refractivity contribution in [2.75, 3.05) is 0 Å². The van der Waals surface area contributed by atoms with Crippen molar-refractivity contribution in [2.24, 2.45) is 5.73 Å². The molecule has 0 saturated carbocycles. The molecule has 0 bridgehead atoms. The molecule has 20 heavy (non-hydrogen) atoms. The van der Waals surface area contributed by atoms with E-state index in [-0.39, 0.29) is 5.15 Å². The third-order valence-electron chi connectivity index (χ3n) is 2.63. The van der Waals surface area contributed by atoms with Crippen LogP contribution in [0.3, 0.4) is 0 Å². The molecule has 0 aliphatic carbocycles. The summed E-state index contributed by atoms with van der Waals surface area (Å²) in [4.78, 5) is 8.46. The Morgan fingerprint density at radius 1 is 1.30 bits per heavy atom. The Kier molecular flexibility index (Phi) is 3.30. The monoisotopic (exact) mass is 347 g/mol. The Labute approximate surface area is 127 Å². The molecule has 2 aromatic heterocycles. The second-order valence-electron chi connectivity index (χ2n) is 3.92. The van der Waals surface area contributed by atoms with Crippen molar-refractivity contribution in [3.63, 3.8) is 0 Å². The van der Waals surface area contributed by atoms with Gasteiger partial charge in [0.1, 0.15) is 0 Å². The summed E-state index contributed by atoms with van der Waals surface area (Å²) in [5, 5.41) is 4.46. The molecule has 0 radical (unpaired) electrons. The fraction of sp³-hybridized carbons (Fsp3) is 0. The van der Waals surface area contributed by atoms with E-state index in [1.165, 1.54) is 0 Å². The molecular weight excluding hydrogens is 342 g/mol. The van der Waals surface area contributed by atoms with Crippen molar-refractivity contribution >= 4 is 33.2 Å². The van der Waals surface area contributed by atoms with Crippen molar-refractivity contribution in [3.8, 4) is 23.2 Å². The number of rotatable bonds is 1. The lowest BCUT2D eigenvalue weighted by molar-refractivity contribution is 0.935. The summed E-state index contributed by atoms with van der Waals surface area (Å²) in [6.07, 6.45) is 1.76. The van der Waals surface area contributed by atoms with Gasteiger partial charge in [-0.25, -0.2) is 9.50 Å². The van der Waals surface area contributed by atoms with Crippen LogP contribution in [0, 0.1) is 12.0 Å². The van der Waals surface area contributed by atoms with Gasteiger partial charge in [0.15, 0.2) is 10.8 Å². The van der Waals surface area contributed by atoms with Gasteiger partial charge < -0.3 is 5.73 Å². The third kappa shape index (κ3) is 2.33. The highest BCUT2D eigenvalue weighted by atomic mass is 79.9. The van der Waals surface area contributed by atoms with Crippen LogP contribution >= 0.6 is 27.5 Å². The molecule has 2 heterocycles. The zero-order valence-electron chi connectivity index (χ0n) is 10.0. The highest BCUT2D eigenvalue weighted by Crippen LogP contribution is 2.23. The number of hydrogen-bond donors (Lipinski definition) is 1. The topological polar surface area (TPSA) is 69.1 Å². The molecule has 7 heteroatoms. The maximum atomic E-state index is 6.12. The Morgan fingerprint density at radius 3 is 2.95 bits per heavy atom. The van der Waals surface area contributed by atoms with E-state index in [0.717, 1.165) is 11.1 Å². The van der Waals surface area contributed by atoms with Gasteiger partial charge in [-0.05, 0) is 34.0 Å². The summed E-state index contributed by atoms with van der Waals surface area (Å²) >= 11 is 9.33. The molecule has 2 N–H and O–H groups in total. The number of fused-ring (bicyclic) bond motifs is 1. The zero-order valence-corrected chi connectivity index (χ0v) is 12.4. The molecule has 0 amide bonds. The predicted molar refractivity (Wildman–Crippen MR) is 80.0 cm³/mol. The van der Waals surface area contributed by atoms with Gasteiger partial charge in [-0.2, -0.15) is 4.98 Å². The molecule has 1 aromatic carbocycles. The highest BCUT2D eigenvalue weighted by Gasteiger charge is 2.10. The molecule has 0 aliphatic rings. The van der Waals surface area contributed by atoms with Gasteiger partial charge >= 0.3 is 0 Å². The van der Waals surface area contributed by atoms with E-state index in [4.69, 9.17) is 17.3 Å². The number of nitrogens with zero attached hydrogens (tertiary/aromatic N) is 4. The SMILES string of the molecule is NC#Cc1cccc(-c2cn3nc(Br)nc3c(Cl)n2)c1. The van der Waals surface area contributed by atoms with Gasteiger partial charge in [0.25, 0.3) is 0 Å². The normalized spacial score (nSPS) is 10.3. The third-order valence-corrected chi connectivity index (χ3v) is 3.22. The molecule has 0 atom stereocenters. The lowest BCUT2D eigenvalue weighted by atomic mass is 10.1. The van der Waals surface area contributed by atoms with Gasteiger partial charge in [-0.3, -0.25) is 0 Å². The number of hydrogen-bond acceptors (Lipinski definition) is 4. The second kappa shape index (κ2) is 5.12. The van der Waals surface area contributed by atoms with Crippen LogP contribution in [0.5, 0.6) is 0 Å². The van der Waals surface area contributed by atoms with Crippen LogP contribution < -0.4 is 5.73 Å². The second-order valence-corrected chi connectivity index (χ2v) is 4.98. The van der Waals surface area contributed by atoms with E-state index in [1.54, 1.807) is 10.7 Å². The van der Waals surface area contributed by atoms with E-state index in [2.05, 4.69) is 43.0 Å². The molecule has 0 aliphatic heterocycles.